The van der Waals surface area contributed by atoms with E-state index in [9.17, 15) is 9.59 Å². The highest BCUT2D eigenvalue weighted by Crippen LogP contribution is 2.39. The van der Waals surface area contributed by atoms with Crippen molar-refractivity contribution in [1.29, 1.82) is 0 Å². The van der Waals surface area contributed by atoms with Crippen LogP contribution >= 0.6 is 23.1 Å². The molecule has 1 aromatic carbocycles. The number of methoxy groups -OCH3 is 1. The van der Waals surface area contributed by atoms with E-state index in [0.29, 0.717) is 15.6 Å². The van der Waals surface area contributed by atoms with E-state index in [1.165, 1.54) is 30.2 Å². The molecule has 0 aliphatic carbocycles. The van der Waals surface area contributed by atoms with Crippen molar-refractivity contribution < 1.29 is 14.3 Å². The molecule has 0 atom stereocenters. The Balaban J connectivity index is 1.75. The maximum atomic E-state index is 12.2. The van der Waals surface area contributed by atoms with Gasteiger partial charge >= 0.3 is 5.97 Å². The average molecular weight is 318 g/mol. The molecule has 7 heteroatoms. The minimum atomic E-state index is -0.481. The number of carbonyl (C=O) groups excluding carboxylic acids is 2. The monoisotopic (exact) mass is 318 g/mol. The quantitative estimate of drug-likeness (QED) is 0.692. The lowest BCUT2D eigenvalue weighted by molar-refractivity contribution is 0.0595. The largest absolute Gasteiger partial charge is 0.464 e. The van der Waals surface area contributed by atoms with Crippen LogP contribution in [-0.2, 0) is 4.74 Å². The first-order valence-electron chi connectivity index (χ1n) is 6.01. The number of ether oxygens (including phenoxy) is 1. The van der Waals surface area contributed by atoms with Crippen molar-refractivity contribution in [2.75, 3.05) is 12.4 Å². The summed E-state index contributed by atoms with van der Waals surface area (Å²) in [4.78, 5) is 29.1. The molecule has 0 saturated heterocycles. The van der Waals surface area contributed by atoms with Gasteiger partial charge in [0.1, 0.15) is 0 Å². The van der Waals surface area contributed by atoms with Crippen LogP contribution in [0.4, 0.5) is 5.13 Å². The SMILES string of the molecule is COC(=O)c1csc(N/C=C2\Sc3ccccc3C2=O)n1. The van der Waals surface area contributed by atoms with Gasteiger partial charge in [-0.1, -0.05) is 23.9 Å². The molecule has 5 nitrogen and oxygen atoms in total. The number of hydrogen-bond donors (Lipinski definition) is 1. The van der Waals surface area contributed by atoms with E-state index in [0.717, 1.165) is 4.90 Å². The minimum Gasteiger partial charge on any atom is -0.464 e. The van der Waals surface area contributed by atoms with Gasteiger partial charge in [-0.3, -0.25) is 4.79 Å². The standard InChI is InChI=1S/C14H10N2O3S2/c1-19-13(18)9-7-20-14(16-9)15-6-11-12(17)8-4-2-3-5-10(8)21-11/h2-7H,1H3,(H,15,16)/b11-6-. The third-order valence-electron chi connectivity index (χ3n) is 2.80. The van der Waals surface area contributed by atoms with Gasteiger partial charge in [-0.25, -0.2) is 9.78 Å². The summed E-state index contributed by atoms with van der Waals surface area (Å²) in [6, 6.07) is 7.47. The number of ketones is 1. The van der Waals surface area contributed by atoms with Crippen molar-refractivity contribution in [3.05, 3.63) is 52.0 Å². The van der Waals surface area contributed by atoms with E-state index in [4.69, 9.17) is 0 Å². The van der Waals surface area contributed by atoms with E-state index >= 15 is 0 Å². The summed E-state index contributed by atoms with van der Waals surface area (Å²) >= 11 is 2.69. The fourth-order valence-corrected chi connectivity index (χ4v) is 3.43. The van der Waals surface area contributed by atoms with Gasteiger partial charge in [0.15, 0.2) is 10.8 Å². The summed E-state index contributed by atoms with van der Waals surface area (Å²) in [5.74, 6) is -0.487. The second-order valence-electron chi connectivity index (χ2n) is 4.11. The van der Waals surface area contributed by atoms with Crippen molar-refractivity contribution >= 4 is 40.0 Å². The molecule has 0 bridgehead atoms. The van der Waals surface area contributed by atoms with Crippen LogP contribution in [0, 0.1) is 0 Å². The predicted molar refractivity (Wildman–Crippen MR) is 81.8 cm³/mol. The van der Waals surface area contributed by atoms with Gasteiger partial charge in [0.25, 0.3) is 0 Å². The number of Topliss-reactive ketones (excluding diaryl/α,β-unsaturated/α-hetero) is 1. The number of esters is 1. The van der Waals surface area contributed by atoms with Crippen LogP contribution < -0.4 is 5.32 Å². The number of thiazole rings is 1. The molecule has 3 rings (SSSR count). The number of benzene rings is 1. The normalized spacial score (nSPS) is 15.1. The number of nitrogens with zero attached hydrogens (tertiary/aromatic N) is 1. The van der Waals surface area contributed by atoms with Crippen molar-refractivity contribution in [2.24, 2.45) is 0 Å². The second kappa shape index (κ2) is 5.71. The maximum Gasteiger partial charge on any atom is 0.357 e. The lowest BCUT2D eigenvalue weighted by Crippen LogP contribution is -2.02. The van der Waals surface area contributed by atoms with Gasteiger partial charge in [0.05, 0.1) is 12.0 Å². The Kier molecular flexibility index (Phi) is 3.76. The molecule has 2 heterocycles. The Morgan fingerprint density at radius 2 is 2.19 bits per heavy atom. The zero-order valence-electron chi connectivity index (χ0n) is 11.0. The molecule has 1 aromatic heterocycles. The van der Waals surface area contributed by atoms with Gasteiger partial charge in [-0.2, -0.15) is 0 Å². The minimum absolute atomic E-state index is 0.00662. The molecule has 1 N–H and O–H groups in total. The Hall–Kier alpha value is -2.12. The molecule has 0 saturated carbocycles. The zero-order chi connectivity index (χ0) is 14.8. The van der Waals surface area contributed by atoms with Crippen LogP contribution in [0.3, 0.4) is 0 Å². The van der Waals surface area contributed by atoms with Crippen LogP contribution in [0.2, 0.25) is 0 Å². The van der Waals surface area contributed by atoms with Gasteiger partial charge in [0, 0.05) is 22.0 Å². The third-order valence-corrected chi connectivity index (χ3v) is 4.67. The number of nitrogens with one attached hydrogen (secondary N) is 1. The predicted octanol–water partition coefficient (Wildman–Crippen LogP) is 3.17. The molecule has 0 fully saturated rings. The summed E-state index contributed by atoms with van der Waals surface area (Å²) in [6.45, 7) is 0. The first kappa shape index (κ1) is 13.8. The van der Waals surface area contributed by atoms with Crippen LogP contribution in [0.1, 0.15) is 20.8 Å². The summed E-state index contributed by atoms with van der Waals surface area (Å²) in [7, 11) is 1.31. The number of thioether (sulfide) groups is 1. The first-order valence-corrected chi connectivity index (χ1v) is 7.71. The van der Waals surface area contributed by atoms with E-state index in [1.54, 1.807) is 11.6 Å². The van der Waals surface area contributed by atoms with E-state index in [-0.39, 0.29) is 11.5 Å². The second-order valence-corrected chi connectivity index (χ2v) is 6.05. The first-order chi connectivity index (χ1) is 10.2. The van der Waals surface area contributed by atoms with Crippen LogP contribution in [0.5, 0.6) is 0 Å². The molecule has 1 aliphatic rings. The van der Waals surface area contributed by atoms with Crippen molar-refractivity contribution in [3.8, 4) is 0 Å². The highest BCUT2D eigenvalue weighted by molar-refractivity contribution is 8.04. The van der Waals surface area contributed by atoms with E-state index < -0.39 is 5.97 Å². The topological polar surface area (TPSA) is 68.3 Å². The molecule has 0 radical (unpaired) electrons. The van der Waals surface area contributed by atoms with Crippen LogP contribution in [0.25, 0.3) is 0 Å². The summed E-state index contributed by atoms with van der Waals surface area (Å²) in [5.41, 5.74) is 0.960. The zero-order valence-corrected chi connectivity index (χ0v) is 12.6. The maximum absolute atomic E-state index is 12.2. The van der Waals surface area contributed by atoms with Crippen molar-refractivity contribution in [1.82, 2.24) is 4.98 Å². The number of carbonyl (C=O) groups is 2. The fourth-order valence-electron chi connectivity index (χ4n) is 1.80. The summed E-state index contributed by atoms with van der Waals surface area (Å²) < 4.78 is 4.59. The molecular weight excluding hydrogens is 308 g/mol. The van der Waals surface area contributed by atoms with Gasteiger partial charge < -0.3 is 10.1 Å². The van der Waals surface area contributed by atoms with E-state index in [2.05, 4.69) is 15.0 Å². The van der Waals surface area contributed by atoms with Gasteiger partial charge in [0.2, 0.25) is 5.78 Å². The van der Waals surface area contributed by atoms with Crippen molar-refractivity contribution in [2.45, 2.75) is 4.90 Å². The highest BCUT2D eigenvalue weighted by Gasteiger charge is 2.25. The van der Waals surface area contributed by atoms with E-state index in [1.807, 2.05) is 24.3 Å². The molecular formula is C14H10N2O3S2. The summed E-state index contributed by atoms with van der Waals surface area (Å²) in [6.07, 6.45) is 1.62. The summed E-state index contributed by atoms with van der Waals surface area (Å²) in [5, 5.41) is 5.08. The number of hydrogen-bond acceptors (Lipinski definition) is 7. The lowest BCUT2D eigenvalue weighted by atomic mass is 10.1. The highest BCUT2D eigenvalue weighted by atomic mass is 32.2. The molecule has 0 spiro atoms. The molecule has 106 valence electrons. The number of allylic oxidation sites excluding steroid dienone is 1. The number of rotatable bonds is 3. The third kappa shape index (κ3) is 2.70. The van der Waals surface area contributed by atoms with Crippen molar-refractivity contribution in [3.63, 3.8) is 0 Å². The number of fused-ring (bicyclic) bond motifs is 1. The fraction of sp³-hybridized carbons (Fsp3) is 0.0714. The van der Waals surface area contributed by atoms with Crippen LogP contribution in [-0.4, -0.2) is 23.8 Å². The molecule has 1 aliphatic heterocycles. The molecule has 21 heavy (non-hydrogen) atoms. The smallest absolute Gasteiger partial charge is 0.357 e. The number of anilines is 1. The van der Waals surface area contributed by atoms with Crippen LogP contribution in [0.15, 0.2) is 45.6 Å². The number of aromatic nitrogens is 1. The molecule has 0 amide bonds. The molecule has 0 unspecified atom stereocenters. The average Bonchev–Trinajstić information content (AvgIpc) is 3.10. The lowest BCUT2D eigenvalue weighted by Gasteiger charge is -1.96. The Morgan fingerprint density at radius 1 is 1.38 bits per heavy atom. The molecule has 2 aromatic rings. The Morgan fingerprint density at radius 3 is 2.95 bits per heavy atom. The Bertz CT molecular complexity index is 752. The van der Waals surface area contributed by atoms with Gasteiger partial charge in [-0.15, -0.1) is 11.3 Å². The van der Waals surface area contributed by atoms with Gasteiger partial charge in [-0.05, 0) is 12.1 Å². The Labute approximate surface area is 129 Å².